The molecule has 0 aliphatic rings. The van der Waals surface area contributed by atoms with E-state index in [0.29, 0.717) is 10.5 Å². The number of nitrogens with one attached hydrogen (secondary N) is 1. The highest BCUT2D eigenvalue weighted by atomic mass is 79.9. The molecular formula is C16H19BrFNO. The van der Waals surface area contributed by atoms with Crippen LogP contribution in [0.3, 0.4) is 0 Å². The third-order valence-electron chi connectivity index (χ3n) is 3.31. The summed E-state index contributed by atoms with van der Waals surface area (Å²) in [6.45, 7) is 2.98. The molecule has 1 unspecified atom stereocenters. The molecule has 0 radical (unpaired) electrons. The fourth-order valence-electron chi connectivity index (χ4n) is 2.31. The van der Waals surface area contributed by atoms with E-state index in [-0.39, 0.29) is 5.82 Å². The molecule has 0 fully saturated rings. The standard InChI is InChI=1S/C16H19BrFNO/c1-2-19-13(8-9-14-6-4-10-20-14)11-12-5-3-7-15(18)16(12)17/h3-7,10,13,19H,2,8-9,11H2,1H3. The maximum absolute atomic E-state index is 13.5. The van der Waals surface area contributed by atoms with E-state index in [4.69, 9.17) is 4.42 Å². The van der Waals surface area contributed by atoms with E-state index in [1.807, 2.05) is 18.2 Å². The summed E-state index contributed by atoms with van der Waals surface area (Å²) < 4.78 is 19.5. The second-order valence-corrected chi connectivity index (χ2v) is 5.58. The van der Waals surface area contributed by atoms with Crippen LogP contribution in [-0.4, -0.2) is 12.6 Å². The average molecular weight is 340 g/mol. The van der Waals surface area contributed by atoms with Crippen molar-refractivity contribution in [3.8, 4) is 0 Å². The first kappa shape index (κ1) is 15.3. The summed E-state index contributed by atoms with van der Waals surface area (Å²) in [5.41, 5.74) is 0.996. The average Bonchev–Trinajstić information content (AvgIpc) is 2.94. The Morgan fingerprint density at radius 3 is 2.85 bits per heavy atom. The summed E-state index contributed by atoms with van der Waals surface area (Å²) in [6.07, 6.45) is 4.34. The highest BCUT2D eigenvalue weighted by Gasteiger charge is 2.13. The number of likely N-dealkylation sites (N-methyl/N-ethyl adjacent to an activating group) is 1. The number of halogens is 2. The van der Waals surface area contributed by atoms with E-state index in [1.54, 1.807) is 12.3 Å². The lowest BCUT2D eigenvalue weighted by Crippen LogP contribution is -2.31. The van der Waals surface area contributed by atoms with Gasteiger partial charge >= 0.3 is 0 Å². The molecule has 0 aliphatic heterocycles. The molecule has 1 aromatic carbocycles. The summed E-state index contributed by atoms with van der Waals surface area (Å²) >= 11 is 3.33. The van der Waals surface area contributed by atoms with Crippen molar-refractivity contribution in [1.82, 2.24) is 5.32 Å². The molecule has 0 saturated heterocycles. The van der Waals surface area contributed by atoms with E-state index in [9.17, 15) is 4.39 Å². The Labute approximate surface area is 127 Å². The fraction of sp³-hybridized carbons (Fsp3) is 0.375. The van der Waals surface area contributed by atoms with Gasteiger partial charge in [0, 0.05) is 12.5 Å². The smallest absolute Gasteiger partial charge is 0.137 e. The van der Waals surface area contributed by atoms with Crippen LogP contribution in [0, 0.1) is 5.82 Å². The molecule has 108 valence electrons. The van der Waals surface area contributed by atoms with Crippen LogP contribution in [0.5, 0.6) is 0 Å². The zero-order chi connectivity index (χ0) is 14.4. The molecule has 0 aliphatic carbocycles. The van der Waals surface area contributed by atoms with Crippen LogP contribution < -0.4 is 5.32 Å². The van der Waals surface area contributed by atoms with Gasteiger partial charge in [0.1, 0.15) is 11.6 Å². The number of benzene rings is 1. The molecule has 0 bridgehead atoms. The zero-order valence-corrected chi connectivity index (χ0v) is 13.1. The second kappa shape index (κ2) is 7.60. The summed E-state index contributed by atoms with van der Waals surface area (Å²) in [5.74, 6) is 0.787. The summed E-state index contributed by atoms with van der Waals surface area (Å²) in [5, 5.41) is 3.46. The lowest BCUT2D eigenvalue weighted by molar-refractivity contribution is 0.447. The van der Waals surface area contributed by atoms with E-state index >= 15 is 0 Å². The fourth-order valence-corrected chi connectivity index (χ4v) is 2.73. The van der Waals surface area contributed by atoms with Gasteiger partial charge in [0.25, 0.3) is 0 Å². The summed E-state index contributed by atoms with van der Waals surface area (Å²) in [4.78, 5) is 0. The van der Waals surface area contributed by atoms with Gasteiger partial charge in [-0.1, -0.05) is 19.1 Å². The van der Waals surface area contributed by atoms with Crippen molar-refractivity contribution in [1.29, 1.82) is 0 Å². The third kappa shape index (κ3) is 4.18. The Balaban J connectivity index is 1.99. The Kier molecular flexibility index (Phi) is 5.80. The first-order chi connectivity index (χ1) is 9.70. The molecule has 0 spiro atoms. The molecule has 1 atom stereocenters. The van der Waals surface area contributed by atoms with Crippen LogP contribution in [0.2, 0.25) is 0 Å². The van der Waals surface area contributed by atoms with Gasteiger partial charge in [-0.15, -0.1) is 0 Å². The van der Waals surface area contributed by atoms with Gasteiger partial charge in [-0.25, -0.2) is 4.39 Å². The largest absolute Gasteiger partial charge is 0.469 e. The van der Waals surface area contributed by atoms with Crippen molar-refractivity contribution in [2.24, 2.45) is 0 Å². The van der Waals surface area contributed by atoms with Gasteiger partial charge in [-0.3, -0.25) is 0 Å². The van der Waals surface area contributed by atoms with Crippen LogP contribution >= 0.6 is 15.9 Å². The molecule has 0 saturated carbocycles. The van der Waals surface area contributed by atoms with E-state index in [0.717, 1.165) is 37.1 Å². The summed E-state index contributed by atoms with van der Waals surface area (Å²) in [7, 11) is 0. The van der Waals surface area contributed by atoms with E-state index in [1.165, 1.54) is 6.07 Å². The molecule has 1 heterocycles. The molecule has 20 heavy (non-hydrogen) atoms. The number of aryl methyl sites for hydroxylation is 1. The topological polar surface area (TPSA) is 25.2 Å². The Bertz CT molecular complexity index is 527. The minimum Gasteiger partial charge on any atom is -0.469 e. The predicted molar refractivity (Wildman–Crippen MR) is 82.3 cm³/mol. The quantitative estimate of drug-likeness (QED) is 0.811. The Morgan fingerprint density at radius 1 is 1.30 bits per heavy atom. The zero-order valence-electron chi connectivity index (χ0n) is 11.5. The van der Waals surface area contributed by atoms with Crippen LogP contribution in [0.4, 0.5) is 4.39 Å². The van der Waals surface area contributed by atoms with Crippen molar-refractivity contribution in [2.45, 2.75) is 32.2 Å². The number of hydrogen-bond donors (Lipinski definition) is 1. The van der Waals surface area contributed by atoms with Gasteiger partial charge < -0.3 is 9.73 Å². The molecule has 1 aromatic heterocycles. The lowest BCUT2D eigenvalue weighted by Gasteiger charge is -2.18. The Morgan fingerprint density at radius 2 is 2.15 bits per heavy atom. The maximum atomic E-state index is 13.5. The lowest BCUT2D eigenvalue weighted by atomic mass is 10.0. The minimum atomic E-state index is -0.205. The van der Waals surface area contributed by atoms with Crippen LogP contribution in [0.1, 0.15) is 24.7 Å². The normalized spacial score (nSPS) is 12.6. The van der Waals surface area contributed by atoms with Crippen molar-refractivity contribution in [3.05, 3.63) is 58.2 Å². The van der Waals surface area contributed by atoms with Gasteiger partial charge in [0.15, 0.2) is 0 Å². The van der Waals surface area contributed by atoms with Crippen LogP contribution in [0.15, 0.2) is 45.5 Å². The number of hydrogen-bond acceptors (Lipinski definition) is 2. The number of rotatable bonds is 7. The van der Waals surface area contributed by atoms with Crippen molar-refractivity contribution in [3.63, 3.8) is 0 Å². The molecule has 2 nitrogen and oxygen atoms in total. The maximum Gasteiger partial charge on any atom is 0.137 e. The van der Waals surface area contributed by atoms with E-state index in [2.05, 4.69) is 28.2 Å². The molecule has 4 heteroatoms. The SMILES string of the molecule is CCNC(CCc1ccco1)Cc1cccc(F)c1Br. The van der Waals surface area contributed by atoms with Crippen LogP contribution in [0.25, 0.3) is 0 Å². The van der Waals surface area contributed by atoms with Gasteiger partial charge in [-0.05, 0) is 59.1 Å². The number of furan rings is 1. The minimum absolute atomic E-state index is 0.205. The highest BCUT2D eigenvalue weighted by Crippen LogP contribution is 2.22. The van der Waals surface area contributed by atoms with Crippen LogP contribution in [-0.2, 0) is 12.8 Å². The molecule has 0 amide bonds. The first-order valence-corrected chi connectivity index (χ1v) is 7.68. The predicted octanol–water partition coefficient (Wildman–Crippen LogP) is 4.33. The third-order valence-corrected chi connectivity index (χ3v) is 4.20. The monoisotopic (exact) mass is 339 g/mol. The second-order valence-electron chi connectivity index (χ2n) is 4.79. The van der Waals surface area contributed by atoms with E-state index < -0.39 is 0 Å². The van der Waals surface area contributed by atoms with Gasteiger partial charge in [0.2, 0.25) is 0 Å². The molecule has 2 rings (SSSR count). The highest BCUT2D eigenvalue weighted by molar-refractivity contribution is 9.10. The Hall–Kier alpha value is -1.13. The first-order valence-electron chi connectivity index (χ1n) is 6.89. The molecule has 1 N–H and O–H groups in total. The van der Waals surface area contributed by atoms with Crippen molar-refractivity contribution >= 4 is 15.9 Å². The van der Waals surface area contributed by atoms with Crippen molar-refractivity contribution in [2.75, 3.05) is 6.54 Å². The molecule has 2 aromatic rings. The van der Waals surface area contributed by atoms with Crippen molar-refractivity contribution < 1.29 is 8.81 Å². The summed E-state index contributed by atoms with van der Waals surface area (Å²) in [6, 6.07) is 9.39. The molecular weight excluding hydrogens is 321 g/mol. The van der Waals surface area contributed by atoms with Gasteiger partial charge in [-0.2, -0.15) is 0 Å². The van der Waals surface area contributed by atoms with Gasteiger partial charge in [0.05, 0.1) is 10.7 Å².